The summed E-state index contributed by atoms with van der Waals surface area (Å²) in [7, 11) is -7.06. The third-order valence-corrected chi connectivity index (χ3v) is 14.4. The van der Waals surface area contributed by atoms with Gasteiger partial charge >= 0.3 is 0 Å². The molecule has 268 valence electrons. The number of hydrogen-bond donors (Lipinski definition) is 0. The van der Waals surface area contributed by atoms with E-state index in [2.05, 4.69) is 45.0 Å². The van der Waals surface area contributed by atoms with Crippen LogP contribution in [0.25, 0.3) is 0 Å². The second-order valence-electron chi connectivity index (χ2n) is 14.2. The molecule has 0 bridgehead atoms. The molecule has 10 heteroatoms. The molecule has 0 saturated carbocycles. The van der Waals surface area contributed by atoms with Gasteiger partial charge in [-0.3, -0.25) is 4.18 Å². The third kappa shape index (κ3) is 9.77. The lowest BCUT2D eigenvalue weighted by Crippen LogP contribution is -2.69. The highest BCUT2D eigenvalue weighted by Crippen LogP contribution is 2.41. The smallest absolute Gasteiger partial charge is 0.264 e. The molecular weight excluding hydrogens is 669 g/mol. The second kappa shape index (κ2) is 16.4. The monoisotopic (exact) mass is 718 g/mol. The summed E-state index contributed by atoms with van der Waals surface area (Å²) in [5, 5.41) is 1.84. The van der Waals surface area contributed by atoms with Crippen molar-refractivity contribution in [3.05, 3.63) is 132 Å². The van der Waals surface area contributed by atoms with Gasteiger partial charge in [0.15, 0.2) is 5.79 Å². The van der Waals surface area contributed by atoms with E-state index in [-0.39, 0.29) is 24.9 Å². The first-order valence-corrected chi connectivity index (χ1v) is 20.8. The Labute approximate surface area is 298 Å². The summed E-state index contributed by atoms with van der Waals surface area (Å²) in [6.45, 7) is 11.0. The first kappa shape index (κ1) is 38.0. The average Bonchev–Trinajstić information content (AvgIpc) is 3.41. The van der Waals surface area contributed by atoms with Crippen LogP contribution in [0.4, 0.5) is 0 Å². The van der Waals surface area contributed by atoms with Crippen molar-refractivity contribution in [3.8, 4) is 0 Å². The maximum Gasteiger partial charge on any atom is 0.264 e. The number of ether oxygens (including phenoxy) is 4. The molecule has 0 aliphatic carbocycles. The zero-order chi connectivity index (χ0) is 35.8. The molecule has 0 amide bonds. The molecule has 4 atom stereocenters. The Bertz CT molecular complexity index is 1680. The fourth-order valence-electron chi connectivity index (χ4n) is 6.64. The van der Waals surface area contributed by atoms with E-state index >= 15 is 0 Å². The summed E-state index contributed by atoms with van der Waals surface area (Å²) < 4.78 is 64.5. The van der Waals surface area contributed by atoms with E-state index in [1.54, 1.807) is 0 Å². The van der Waals surface area contributed by atoms with Crippen LogP contribution in [0.5, 0.6) is 0 Å². The van der Waals surface area contributed by atoms with E-state index in [0.717, 1.165) is 27.8 Å². The molecule has 0 spiro atoms. The first-order chi connectivity index (χ1) is 23.8. The largest absolute Gasteiger partial charge is 0.399 e. The van der Waals surface area contributed by atoms with E-state index in [4.69, 9.17) is 27.6 Å². The van der Waals surface area contributed by atoms with E-state index in [0.29, 0.717) is 6.61 Å². The van der Waals surface area contributed by atoms with Crippen molar-refractivity contribution in [2.75, 3.05) is 19.5 Å². The Morgan fingerprint density at radius 2 is 1.04 bits per heavy atom. The molecule has 4 aromatic rings. The quantitative estimate of drug-likeness (QED) is 0.0996. The zero-order valence-corrected chi connectivity index (χ0v) is 31.7. The van der Waals surface area contributed by atoms with E-state index < -0.39 is 48.6 Å². The predicted molar refractivity (Wildman–Crippen MR) is 198 cm³/mol. The lowest BCUT2D eigenvalue weighted by Gasteiger charge is -2.46. The molecule has 0 N–H and O–H groups in total. The fraction of sp³-hybridized carbons (Fsp3) is 0.400. The van der Waals surface area contributed by atoms with Gasteiger partial charge in [0, 0.05) is 0 Å². The highest BCUT2D eigenvalue weighted by atomic mass is 32.2. The Morgan fingerprint density at radius 1 is 0.660 bits per heavy atom. The molecule has 0 unspecified atom stereocenters. The van der Waals surface area contributed by atoms with Crippen molar-refractivity contribution < 1.29 is 36.0 Å². The molecule has 0 aromatic heterocycles. The van der Waals surface area contributed by atoms with Crippen LogP contribution in [-0.4, -0.2) is 66.4 Å². The van der Waals surface area contributed by atoms with Crippen LogP contribution in [0.2, 0.25) is 5.04 Å². The van der Waals surface area contributed by atoms with Crippen LogP contribution < -0.4 is 10.4 Å². The summed E-state index contributed by atoms with van der Waals surface area (Å²) in [4.78, 5) is 0. The Balaban J connectivity index is 1.57. The van der Waals surface area contributed by atoms with E-state index in [9.17, 15) is 8.42 Å². The van der Waals surface area contributed by atoms with Crippen LogP contribution >= 0.6 is 0 Å². The van der Waals surface area contributed by atoms with Crippen LogP contribution in [0, 0.1) is 0 Å². The second-order valence-corrected chi connectivity index (χ2v) is 20.1. The van der Waals surface area contributed by atoms with Gasteiger partial charge in [0.05, 0.1) is 38.8 Å². The van der Waals surface area contributed by atoms with Crippen LogP contribution in [0.3, 0.4) is 0 Å². The van der Waals surface area contributed by atoms with Gasteiger partial charge in [0.1, 0.15) is 18.3 Å². The first-order valence-electron chi connectivity index (χ1n) is 17.0. The van der Waals surface area contributed by atoms with E-state index in [1.165, 1.54) is 0 Å². The molecule has 4 aromatic carbocycles. The Morgan fingerprint density at radius 3 is 1.44 bits per heavy atom. The van der Waals surface area contributed by atoms with Crippen LogP contribution in [0.1, 0.15) is 45.7 Å². The SMILES string of the molecule is CC1(C)O[C@H]([C@@H](COCc2ccccc2)O[Si](c2ccccc2)(c2ccccc2)C(C)(C)C)[C@@H]([C@@H](COCc2ccccc2)OS(C)(=O)=O)O1. The lowest BCUT2D eigenvalue weighted by atomic mass is 10.0. The highest BCUT2D eigenvalue weighted by molar-refractivity contribution is 7.86. The lowest BCUT2D eigenvalue weighted by molar-refractivity contribution is -0.163. The summed E-state index contributed by atoms with van der Waals surface area (Å²) in [5.41, 5.74) is 1.97. The average molecular weight is 719 g/mol. The van der Waals surface area contributed by atoms with Gasteiger partial charge in [-0.05, 0) is 40.4 Å². The van der Waals surface area contributed by atoms with E-state index in [1.807, 2.05) is 111 Å². The molecule has 5 rings (SSSR count). The van der Waals surface area contributed by atoms with Gasteiger partial charge in [0.2, 0.25) is 0 Å². The third-order valence-electron chi connectivity index (χ3n) is 8.73. The van der Waals surface area contributed by atoms with Crippen LogP contribution in [0.15, 0.2) is 121 Å². The van der Waals surface area contributed by atoms with Crippen LogP contribution in [-0.2, 0) is 50.9 Å². The maximum absolute atomic E-state index is 12.7. The zero-order valence-electron chi connectivity index (χ0n) is 29.9. The highest BCUT2D eigenvalue weighted by Gasteiger charge is 2.56. The van der Waals surface area contributed by atoms with Gasteiger partial charge in [0.25, 0.3) is 18.4 Å². The van der Waals surface area contributed by atoms with Gasteiger partial charge < -0.3 is 23.4 Å². The number of rotatable bonds is 16. The minimum absolute atomic E-state index is 0.0562. The van der Waals surface area contributed by atoms with Crippen molar-refractivity contribution in [3.63, 3.8) is 0 Å². The summed E-state index contributed by atoms with van der Waals surface area (Å²) >= 11 is 0. The topological polar surface area (TPSA) is 89.5 Å². The number of hydrogen-bond acceptors (Lipinski definition) is 8. The fourth-order valence-corrected chi connectivity index (χ4v) is 11.9. The molecule has 1 heterocycles. The minimum atomic E-state index is -3.92. The summed E-state index contributed by atoms with van der Waals surface area (Å²) in [6, 6.07) is 40.3. The standard InChI is InChI=1S/C40H50O8SSi/c1-39(2,3)50(33-23-15-9-16-24-33,34-25-17-10-18-26-34)48-36(30-44-28-32-21-13-8-14-22-32)38-37(45-40(4,5)46-38)35(47-49(6,41)42)29-43-27-31-19-11-7-12-20-31/h7-26,35-38H,27-30H2,1-6H3/t35-,36-,37-,38-/m1/s1. The van der Waals surface area contributed by atoms with Crippen molar-refractivity contribution in [1.29, 1.82) is 0 Å². The van der Waals surface area contributed by atoms with Gasteiger partial charge in [-0.15, -0.1) is 0 Å². The van der Waals surface area contributed by atoms with Crippen molar-refractivity contribution >= 4 is 28.8 Å². The summed E-state index contributed by atoms with van der Waals surface area (Å²) in [6.07, 6.45) is -2.35. The predicted octanol–water partition coefficient (Wildman–Crippen LogP) is 6.23. The molecule has 8 nitrogen and oxygen atoms in total. The molecule has 50 heavy (non-hydrogen) atoms. The normalized spacial score (nSPS) is 19.2. The maximum atomic E-state index is 12.7. The van der Waals surface area contributed by atoms with Gasteiger partial charge in [-0.1, -0.05) is 142 Å². The van der Waals surface area contributed by atoms with Crippen molar-refractivity contribution in [2.45, 2.75) is 83.1 Å². The summed E-state index contributed by atoms with van der Waals surface area (Å²) in [5.74, 6) is -1.08. The Kier molecular flexibility index (Phi) is 12.5. The minimum Gasteiger partial charge on any atom is -0.399 e. The molecular formula is C40H50O8SSi. The number of benzene rings is 4. The molecule has 1 saturated heterocycles. The van der Waals surface area contributed by atoms with Gasteiger partial charge in [-0.25, -0.2) is 0 Å². The van der Waals surface area contributed by atoms with Crippen molar-refractivity contribution in [2.24, 2.45) is 0 Å². The molecule has 1 aliphatic rings. The molecule has 1 aliphatic heterocycles. The molecule has 0 radical (unpaired) electrons. The van der Waals surface area contributed by atoms with Crippen molar-refractivity contribution in [1.82, 2.24) is 0 Å². The van der Waals surface area contributed by atoms with Gasteiger partial charge in [-0.2, -0.15) is 8.42 Å². The molecule has 1 fully saturated rings. The Hall–Kier alpha value is -3.19.